The van der Waals surface area contributed by atoms with E-state index in [-0.39, 0.29) is 25.7 Å². The van der Waals surface area contributed by atoms with Crippen LogP contribution in [-0.4, -0.2) is 96.7 Å². The maximum Gasteiger partial charge on any atom is 0.472 e. The zero-order chi connectivity index (χ0) is 66.5. The Balaban J connectivity index is 5.25. The van der Waals surface area contributed by atoms with Crippen molar-refractivity contribution < 1.29 is 80.2 Å². The van der Waals surface area contributed by atoms with Crippen LogP contribution in [0.2, 0.25) is 0 Å². The summed E-state index contributed by atoms with van der Waals surface area (Å²) in [5.74, 6) is -0.674. The van der Waals surface area contributed by atoms with E-state index >= 15 is 0 Å². The predicted molar refractivity (Wildman–Crippen MR) is 363 cm³/mol. The number of carbonyl (C=O) groups is 4. The molecule has 0 saturated heterocycles. The van der Waals surface area contributed by atoms with Gasteiger partial charge in [0, 0.05) is 25.7 Å². The van der Waals surface area contributed by atoms with E-state index in [0.717, 1.165) is 108 Å². The van der Waals surface area contributed by atoms with Crippen molar-refractivity contribution in [2.24, 2.45) is 11.8 Å². The Kier molecular flexibility index (Phi) is 61.8. The molecular weight excluding hydrogens is 1190 g/mol. The molecule has 0 aromatic carbocycles. The standard InChI is InChI=1S/C71H138O17P2/c1-7-10-12-14-16-18-20-22-24-26-28-30-35-43-49-55-70(75)87-66(59-81-68(73)53-47-41-34-29-27-25-23-21-19-17-15-13-11-8-2)61-85-89(77,78)83-57-65(72)58-84-90(79,80)86-62-67(60-82-69(74)54-48-42-38-37-40-46-52-64(6)9-3)88-71(76)56-50-44-36-32-31-33-39-45-51-63(4)5/h63-67,72H,7-62H2,1-6H3,(H,77,78)(H,79,80)/t64?,65-,66-,67-/m1/s1. The van der Waals surface area contributed by atoms with Gasteiger partial charge in [-0.25, -0.2) is 9.13 Å². The van der Waals surface area contributed by atoms with Gasteiger partial charge in [-0.1, -0.05) is 311 Å². The number of hydrogen-bond acceptors (Lipinski definition) is 15. The van der Waals surface area contributed by atoms with Crippen LogP contribution in [0.4, 0.5) is 0 Å². The van der Waals surface area contributed by atoms with E-state index in [0.29, 0.717) is 25.7 Å². The Morgan fingerprint density at radius 3 is 0.844 bits per heavy atom. The number of phosphoric acid groups is 2. The number of ether oxygens (including phenoxy) is 4. The first-order valence-corrected chi connectivity index (χ1v) is 40.0. The van der Waals surface area contributed by atoms with Crippen LogP contribution >= 0.6 is 15.6 Å². The van der Waals surface area contributed by atoms with Crippen molar-refractivity contribution in [3.05, 3.63) is 0 Å². The molecule has 0 amide bonds. The van der Waals surface area contributed by atoms with Crippen molar-refractivity contribution in [1.29, 1.82) is 0 Å². The molecule has 17 nitrogen and oxygen atoms in total. The normalized spacial score (nSPS) is 14.4. The minimum absolute atomic E-state index is 0.104. The Morgan fingerprint density at radius 1 is 0.322 bits per heavy atom. The van der Waals surface area contributed by atoms with Crippen LogP contribution in [0.3, 0.4) is 0 Å². The lowest BCUT2D eigenvalue weighted by Crippen LogP contribution is -2.30. The van der Waals surface area contributed by atoms with E-state index in [1.807, 2.05) is 0 Å². The maximum absolute atomic E-state index is 13.0. The summed E-state index contributed by atoms with van der Waals surface area (Å²) in [6, 6.07) is 0. The molecule has 0 rings (SSSR count). The first kappa shape index (κ1) is 88.1. The topological polar surface area (TPSA) is 237 Å². The number of unbranched alkanes of at least 4 members (excludes halogenated alkanes) is 39. The van der Waals surface area contributed by atoms with Crippen LogP contribution in [-0.2, 0) is 65.4 Å². The average Bonchev–Trinajstić information content (AvgIpc) is 3.71. The van der Waals surface area contributed by atoms with Gasteiger partial charge in [-0.3, -0.25) is 37.3 Å². The van der Waals surface area contributed by atoms with Gasteiger partial charge in [0.2, 0.25) is 0 Å². The summed E-state index contributed by atoms with van der Waals surface area (Å²) in [4.78, 5) is 72.6. The van der Waals surface area contributed by atoms with Gasteiger partial charge in [0.15, 0.2) is 12.2 Å². The Labute approximate surface area is 549 Å². The second-order valence-electron chi connectivity index (χ2n) is 26.3. The van der Waals surface area contributed by atoms with Gasteiger partial charge in [-0.2, -0.15) is 0 Å². The van der Waals surface area contributed by atoms with Crippen molar-refractivity contribution in [3.63, 3.8) is 0 Å². The number of rotatable bonds is 70. The molecule has 0 aliphatic rings. The molecule has 0 spiro atoms. The van der Waals surface area contributed by atoms with Gasteiger partial charge in [0.1, 0.15) is 19.3 Å². The molecule has 534 valence electrons. The van der Waals surface area contributed by atoms with E-state index in [2.05, 4.69) is 41.5 Å². The van der Waals surface area contributed by atoms with E-state index in [1.54, 1.807) is 0 Å². The summed E-state index contributed by atoms with van der Waals surface area (Å²) < 4.78 is 68.3. The van der Waals surface area contributed by atoms with Gasteiger partial charge in [-0.15, -0.1) is 0 Å². The van der Waals surface area contributed by atoms with Crippen molar-refractivity contribution >= 4 is 39.5 Å². The number of aliphatic hydroxyl groups excluding tert-OH is 1. The molecule has 0 aromatic rings. The lowest BCUT2D eigenvalue weighted by Gasteiger charge is -2.21. The highest BCUT2D eigenvalue weighted by atomic mass is 31.2. The molecule has 0 aliphatic heterocycles. The molecule has 0 bridgehead atoms. The molecule has 6 atom stereocenters. The monoisotopic (exact) mass is 1320 g/mol. The molecule has 0 aliphatic carbocycles. The summed E-state index contributed by atoms with van der Waals surface area (Å²) in [7, 11) is -9.90. The van der Waals surface area contributed by atoms with Gasteiger partial charge in [0.05, 0.1) is 26.4 Å². The van der Waals surface area contributed by atoms with Crippen LogP contribution in [0.1, 0.15) is 363 Å². The van der Waals surface area contributed by atoms with Crippen molar-refractivity contribution in [2.45, 2.75) is 381 Å². The summed E-state index contributed by atoms with van der Waals surface area (Å²) in [6.45, 7) is 9.48. The Morgan fingerprint density at radius 2 is 0.567 bits per heavy atom. The van der Waals surface area contributed by atoms with E-state index in [9.17, 15) is 43.2 Å². The van der Waals surface area contributed by atoms with Gasteiger partial charge in [0.25, 0.3) is 0 Å². The predicted octanol–water partition coefficient (Wildman–Crippen LogP) is 20.4. The highest BCUT2D eigenvalue weighted by molar-refractivity contribution is 7.47. The van der Waals surface area contributed by atoms with Crippen LogP contribution in [0.5, 0.6) is 0 Å². The van der Waals surface area contributed by atoms with Crippen LogP contribution in [0.25, 0.3) is 0 Å². The van der Waals surface area contributed by atoms with Crippen molar-refractivity contribution in [3.8, 4) is 0 Å². The summed E-state index contributed by atoms with van der Waals surface area (Å²) in [5.41, 5.74) is 0. The zero-order valence-corrected chi connectivity index (χ0v) is 60.2. The minimum atomic E-state index is -4.95. The Bertz CT molecular complexity index is 1750. The van der Waals surface area contributed by atoms with Crippen LogP contribution < -0.4 is 0 Å². The molecule has 3 unspecified atom stereocenters. The van der Waals surface area contributed by atoms with Crippen molar-refractivity contribution in [2.75, 3.05) is 39.6 Å². The Hall–Kier alpha value is -1.94. The first-order chi connectivity index (χ1) is 43.4. The molecule has 19 heteroatoms. The second kappa shape index (κ2) is 63.1. The van der Waals surface area contributed by atoms with Gasteiger partial charge < -0.3 is 33.8 Å². The van der Waals surface area contributed by atoms with Crippen LogP contribution in [0.15, 0.2) is 0 Å². The largest absolute Gasteiger partial charge is 0.472 e. The van der Waals surface area contributed by atoms with Gasteiger partial charge >= 0.3 is 39.5 Å². The highest BCUT2D eigenvalue weighted by Crippen LogP contribution is 2.45. The quantitative estimate of drug-likeness (QED) is 0.0222. The summed E-state index contributed by atoms with van der Waals surface area (Å²) in [5, 5.41) is 10.6. The lowest BCUT2D eigenvalue weighted by molar-refractivity contribution is -0.161. The van der Waals surface area contributed by atoms with E-state index in [1.165, 1.54) is 173 Å². The van der Waals surface area contributed by atoms with Gasteiger partial charge in [-0.05, 0) is 37.5 Å². The number of phosphoric ester groups is 2. The fourth-order valence-electron chi connectivity index (χ4n) is 10.7. The smallest absolute Gasteiger partial charge is 0.462 e. The third-order valence-corrected chi connectivity index (χ3v) is 18.7. The lowest BCUT2D eigenvalue weighted by atomic mass is 10.00. The minimum Gasteiger partial charge on any atom is -0.462 e. The SMILES string of the molecule is CCCCCCCCCCCCCCCCCC(=O)O[C@H](COC(=O)CCCCCCCCCCCCCCCC)COP(=O)(O)OC[C@@H](O)COP(=O)(O)OC[C@@H](COC(=O)CCCCCCCCC(C)CC)OC(=O)CCCCCCCCCCC(C)C. The molecule has 0 radical (unpaired) electrons. The second-order valence-corrected chi connectivity index (χ2v) is 29.3. The zero-order valence-electron chi connectivity index (χ0n) is 58.4. The number of hydrogen-bond donors (Lipinski definition) is 3. The third kappa shape index (κ3) is 63.5. The number of esters is 4. The maximum atomic E-state index is 13.0. The van der Waals surface area contributed by atoms with E-state index in [4.69, 9.17) is 37.0 Å². The van der Waals surface area contributed by atoms with Crippen LogP contribution in [0, 0.1) is 11.8 Å². The first-order valence-electron chi connectivity index (χ1n) is 37.0. The molecular formula is C71H138O17P2. The summed E-state index contributed by atoms with van der Waals surface area (Å²) >= 11 is 0. The fraction of sp³-hybridized carbons (Fsp3) is 0.944. The molecule has 3 N–H and O–H groups in total. The highest BCUT2D eigenvalue weighted by Gasteiger charge is 2.30. The summed E-state index contributed by atoms with van der Waals surface area (Å²) in [6.07, 6.45) is 48.6. The fourth-order valence-corrected chi connectivity index (χ4v) is 12.3. The molecule has 90 heavy (non-hydrogen) atoms. The average molecular weight is 1330 g/mol. The third-order valence-electron chi connectivity index (χ3n) is 16.8. The number of carbonyl (C=O) groups excluding carboxylic acids is 4. The van der Waals surface area contributed by atoms with Crippen molar-refractivity contribution in [1.82, 2.24) is 0 Å². The molecule has 0 fully saturated rings. The van der Waals surface area contributed by atoms with E-state index < -0.39 is 97.5 Å². The number of aliphatic hydroxyl groups is 1. The molecule has 0 aromatic heterocycles. The molecule has 0 saturated carbocycles. The molecule has 0 heterocycles.